The summed E-state index contributed by atoms with van der Waals surface area (Å²) in [5.74, 6) is 0.647. The molecule has 0 amide bonds. The van der Waals surface area contributed by atoms with E-state index in [2.05, 4.69) is 17.0 Å². The lowest BCUT2D eigenvalue weighted by Crippen LogP contribution is -2.25. The summed E-state index contributed by atoms with van der Waals surface area (Å²) < 4.78 is 40.0. The molecule has 1 aromatic carbocycles. The van der Waals surface area contributed by atoms with Gasteiger partial charge in [-0.3, -0.25) is 0 Å². The summed E-state index contributed by atoms with van der Waals surface area (Å²) in [7, 11) is 0. The second-order valence-corrected chi connectivity index (χ2v) is 5.34. The summed E-state index contributed by atoms with van der Waals surface area (Å²) in [6, 6.07) is 6.37. The molecule has 1 fully saturated rings. The molecule has 0 aromatic heterocycles. The number of nitrogens with one attached hydrogen (secondary N) is 1. The molecule has 2 rings (SSSR count). The third kappa shape index (κ3) is 4.62. The van der Waals surface area contributed by atoms with Gasteiger partial charge >= 0.3 is 6.36 Å². The van der Waals surface area contributed by atoms with Crippen molar-refractivity contribution in [2.75, 3.05) is 5.32 Å². The lowest BCUT2D eigenvalue weighted by Gasteiger charge is -2.29. The summed E-state index contributed by atoms with van der Waals surface area (Å²) in [6.45, 7) is 2.22. The fraction of sp³-hybridized carbons (Fsp3) is 0.600. The quantitative estimate of drug-likeness (QED) is 0.844. The molecule has 1 aliphatic rings. The molecule has 0 heterocycles. The van der Waals surface area contributed by atoms with Crippen LogP contribution in [0.4, 0.5) is 18.9 Å². The molecule has 5 heteroatoms. The number of benzene rings is 1. The van der Waals surface area contributed by atoms with E-state index in [-0.39, 0.29) is 5.75 Å². The van der Waals surface area contributed by atoms with Gasteiger partial charge in [0.1, 0.15) is 5.75 Å². The van der Waals surface area contributed by atoms with Crippen LogP contribution in [0.25, 0.3) is 0 Å². The zero-order valence-electron chi connectivity index (χ0n) is 11.5. The van der Waals surface area contributed by atoms with Crippen molar-refractivity contribution >= 4 is 5.69 Å². The number of alkyl halides is 3. The van der Waals surface area contributed by atoms with Gasteiger partial charge in [0.2, 0.25) is 0 Å². The molecule has 1 aliphatic carbocycles. The van der Waals surface area contributed by atoms with Gasteiger partial charge in [0.05, 0.1) is 0 Å². The minimum Gasteiger partial charge on any atom is -0.406 e. The summed E-state index contributed by atoms with van der Waals surface area (Å²) in [5.41, 5.74) is 0.847. The third-order valence-electron chi connectivity index (χ3n) is 3.88. The van der Waals surface area contributed by atoms with E-state index in [4.69, 9.17) is 0 Å². The number of rotatable bonds is 4. The van der Waals surface area contributed by atoms with Crippen molar-refractivity contribution in [1.82, 2.24) is 0 Å². The summed E-state index contributed by atoms with van der Waals surface area (Å²) >= 11 is 0. The second kappa shape index (κ2) is 6.37. The third-order valence-corrected chi connectivity index (χ3v) is 3.88. The maximum absolute atomic E-state index is 12.0. The predicted molar refractivity (Wildman–Crippen MR) is 72.8 cm³/mol. The normalized spacial score (nSPS) is 23.4. The molecule has 0 atom stereocenters. The van der Waals surface area contributed by atoms with Gasteiger partial charge in [0.25, 0.3) is 0 Å². The van der Waals surface area contributed by atoms with E-state index < -0.39 is 6.36 Å². The Morgan fingerprint density at radius 1 is 1.10 bits per heavy atom. The van der Waals surface area contributed by atoms with Gasteiger partial charge < -0.3 is 10.1 Å². The fourth-order valence-electron chi connectivity index (χ4n) is 2.70. The minimum absolute atomic E-state index is 0.183. The standard InChI is InChI=1S/C15H20F3NO/c1-2-11-3-5-12(6-4-11)19-13-7-9-14(10-8-13)20-15(16,17)18/h7-12,19H,2-6H2,1H3. The van der Waals surface area contributed by atoms with E-state index in [9.17, 15) is 13.2 Å². The van der Waals surface area contributed by atoms with Crippen LogP contribution in [0.2, 0.25) is 0 Å². The fourth-order valence-corrected chi connectivity index (χ4v) is 2.70. The topological polar surface area (TPSA) is 21.3 Å². The van der Waals surface area contributed by atoms with Gasteiger partial charge in [0, 0.05) is 11.7 Å². The Hall–Kier alpha value is -1.39. The summed E-state index contributed by atoms with van der Waals surface area (Å²) in [6.07, 6.45) is 1.30. The number of hydrogen-bond donors (Lipinski definition) is 1. The van der Waals surface area contributed by atoms with Crippen molar-refractivity contribution in [3.8, 4) is 5.75 Å². The lowest BCUT2D eigenvalue weighted by atomic mass is 9.84. The van der Waals surface area contributed by atoms with Crippen LogP contribution in [0.5, 0.6) is 5.75 Å². The first-order valence-corrected chi connectivity index (χ1v) is 7.08. The van der Waals surface area contributed by atoms with E-state index in [1.807, 2.05) is 0 Å². The summed E-state index contributed by atoms with van der Waals surface area (Å²) in [4.78, 5) is 0. The average Bonchev–Trinajstić information content (AvgIpc) is 2.40. The number of hydrogen-bond acceptors (Lipinski definition) is 2. The van der Waals surface area contributed by atoms with Gasteiger partial charge in [-0.15, -0.1) is 13.2 Å². The Bertz CT molecular complexity index is 408. The second-order valence-electron chi connectivity index (χ2n) is 5.34. The van der Waals surface area contributed by atoms with Crippen molar-refractivity contribution in [3.63, 3.8) is 0 Å². The highest BCUT2D eigenvalue weighted by atomic mass is 19.4. The van der Waals surface area contributed by atoms with E-state index in [1.54, 1.807) is 12.1 Å². The molecular weight excluding hydrogens is 267 g/mol. The van der Waals surface area contributed by atoms with Crippen molar-refractivity contribution in [2.24, 2.45) is 5.92 Å². The number of halogens is 3. The van der Waals surface area contributed by atoms with Crippen LogP contribution < -0.4 is 10.1 Å². The van der Waals surface area contributed by atoms with Crippen molar-refractivity contribution < 1.29 is 17.9 Å². The van der Waals surface area contributed by atoms with Crippen LogP contribution in [-0.2, 0) is 0 Å². The smallest absolute Gasteiger partial charge is 0.406 e. The van der Waals surface area contributed by atoms with Crippen LogP contribution in [0.15, 0.2) is 24.3 Å². The van der Waals surface area contributed by atoms with E-state index in [0.29, 0.717) is 6.04 Å². The Morgan fingerprint density at radius 3 is 2.20 bits per heavy atom. The highest BCUT2D eigenvalue weighted by Gasteiger charge is 2.31. The van der Waals surface area contributed by atoms with E-state index >= 15 is 0 Å². The van der Waals surface area contributed by atoms with Gasteiger partial charge in [-0.25, -0.2) is 0 Å². The molecule has 1 saturated carbocycles. The monoisotopic (exact) mass is 287 g/mol. The van der Waals surface area contributed by atoms with Gasteiger partial charge in [-0.05, 0) is 55.9 Å². The highest BCUT2D eigenvalue weighted by molar-refractivity contribution is 5.47. The first-order chi connectivity index (χ1) is 9.46. The zero-order chi connectivity index (χ0) is 14.6. The Balaban J connectivity index is 1.85. The highest BCUT2D eigenvalue weighted by Crippen LogP contribution is 2.29. The SMILES string of the molecule is CCC1CCC(Nc2ccc(OC(F)(F)F)cc2)CC1. The first kappa shape index (κ1) is 15.0. The molecule has 1 N–H and O–H groups in total. The molecule has 112 valence electrons. The molecule has 0 radical (unpaired) electrons. The van der Waals surface area contributed by atoms with Crippen molar-refractivity contribution in [1.29, 1.82) is 0 Å². The molecule has 1 aromatic rings. The van der Waals surface area contributed by atoms with Gasteiger partial charge in [0.15, 0.2) is 0 Å². The maximum Gasteiger partial charge on any atom is 0.573 e. The Labute approximate surface area is 117 Å². The predicted octanol–water partition coefficient (Wildman–Crippen LogP) is 4.97. The van der Waals surface area contributed by atoms with Crippen LogP contribution in [0.3, 0.4) is 0 Å². The molecule has 0 spiro atoms. The van der Waals surface area contributed by atoms with Crippen LogP contribution in [0.1, 0.15) is 39.0 Å². The van der Waals surface area contributed by atoms with E-state index in [1.165, 1.54) is 31.4 Å². The summed E-state index contributed by atoms with van der Waals surface area (Å²) in [5, 5.41) is 3.38. The molecule has 0 aliphatic heterocycles. The molecule has 0 saturated heterocycles. The van der Waals surface area contributed by atoms with Crippen molar-refractivity contribution in [3.05, 3.63) is 24.3 Å². The van der Waals surface area contributed by atoms with Gasteiger partial charge in [-0.1, -0.05) is 13.3 Å². The Morgan fingerprint density at radius 2 is 1.70 bits per heavy atom. The van der Waals surface area contributed by atoms with Gasteiger partial charge in [-0.2, -0.15) is 0 Å². The first-order valence-electron chi connectivity index (χ1n) is 7.08. The maximum atomic E-state index is 12.0. The lowest BCUT2D eigenvalue weighted by molar-refractivity contribution is -0.274. The molecule has 2 nitrogen and oxygen atoms in total. The zero-order valence-corrected chi connectivity index (χ0v) is 11.5. The van der Waals surface area contributed by atoms with Crippen LogP contribution in [-0.4, -0.2) is 12.4 Å². The average molecular weight is 287 g/mol. The minimum atomic E-state index is -4.63. The number of ether oxygens (including phenoxy) is 1. The van der Waals surface area contributed by atoms with Crippen LogP contribution in [0, 0.1) is 5.92 Å². The molecular formula is C15H20F3NO. The number of anilines is 1. The molecule has 20 heavy (non-hydrogen) atoms. The van der Waals surface area contributed by atoms with E-state index in [0.717, 1.165) is 24.4 Å². The molecule has 0 bridgehead atoms. The van der Waals surface area contributed by atoms with Crippen LogP contribution >= 0.6 is 0 Å². The largest absolute Gasteiger partial charge is 0.573 e. The van der Waals surface area contributed by atoms with Crippen molar-refractivity contribution in [2.45, 2.75) is 51.4 Å². The molecule has 0 unspecified atom stereocenters. The Kier molecular flexibility index (Phi) is 4.78.